The highest BCUT2D eigenvalue weighted by Gasteiger charge is 2.43. The van der Waals surface area contributed by atoms with Crippen molar-refractivity contribution in [3.63, 3.8) is 0 Å². The van der Waals surface area contributed by atoms with Crippen molar-refractivity contribution in [3.8, 4) is 0 Å². The maximum absolute atomic E-state index is 14.3. The van der Waals surface area contributed by atoms with Crippen molar-refractivity contribution in [1.82, 2.24) is 15.1 Å². The van der Waals surface area contributed by atoms with Crippen molar-refractivity contribution in [3.05, 3.63) is 92.6 Å². The SMILES string of the molecule is Cn1nc2c3c(c(NC(=O)c4cc(F)cc(C(F)(F)F)c4)cc2c1C1CCC(F)(F)C1)C(c1cc(F)ccc1Cl)NC3=O. The van der Waals surface area contributed by atoms with Crippen LogP contribution in [0.3, 0.4) is 0 Å². The van der Waals surface area contributed by atoms with Crippen molar-refractivity contribution in [2.45, 2.75) is 43.3 Å². The number of fused-ring (bicyclic) bond motifs is 3. The third kappa shape index (κ3) is 5.09. The number of alkyl halides is 5. The molecule has 2 amide bonds. The van der Waals surface area contributed by atoms with Crippen LogP contribution < -0.4 is 10.6 Å². The molecule has 0 saturated heterocycles. The van der Waals surface area contributed by atoms with E-state index in [2.05, 4.69) is 15.7 Å². The summed E-state index contributed by atoms with van der Waals surface area (Å²) >= 11 is 6.34. The molecule has 6 nitrogen and oxygen atoms in total. The number of nitrogens with one attached hydrogen (secondary N) is 2. The molecule has 2 heterocycles. The topological polar surface area (TPSA) is 76.0 Å². The number of halogens is 8. The van der Waals surface area contributed by atoms with Gasteiger partial charge in [-0.05, 0) is 48.9 Å². The lowest BCUT2D eigenvalue weighted by Gasteiger charge is -2.19. The lowest BCUT2D eigenvalue weighted by molar-refractivity contribution is -0.137. The fraction of sp³-hybridized carbons (Fsp3) is 0.276. The minimum atomic E-state index is -4.94. The number of anilines is 1. The van der Waals surface area contributed by atoms with E-state index >= 15 is 0 Å². The van der Waals surface area contributed by atoms with Gasteiger partial charge in [0.25, 0.3) is 11.8 Å². The number of hydrogen-bond acceptors (Lipinski definition) is 3. The largest absolute Gasteiger partial charge is 0.416 e. The lowest BCUT2D eigenvalue weighted by Crippen LogP contribution is -2.21. The summed E-state index contributed by atoms with van der Waals surface area (Å²) in [4.78, 5) is 26.7. The normalized spacial score (nSPS) is 19.5. The minimum Gasteiger partial charge on any atom is -0.341 e. The molecular formula is C29H20ClF7N4O2. The number of aromatic nitrogens is 2. The second-order valence-electron chi connectivity index (χ2n) is 10.7. The molecule has 0 radical (unpaired) electrons. The van der Waals surface area contributed by atoms with E-state index in [0.717, 1.165) is 12.1 Å². The highest BCUT2D eigenvalue weighted by molar-refractivity contribution is 6.31. The summed E-state index contributed by atoms with van der Waals surface area (Å²) in [7, 11) is 1.52. The average Bonchev–Trinajstić information content (AvgIpc) is 3.56. The summed E-state index contributed by atoms with van der Waals surface area (Å²) in [5.41, 5.74) is -1.54. The van der Waals surface area contributed by atoms with Crippen LogP contribution in [0.2, 0.25) is 5.02 Å². The van der Waals surface area contributed by atoms with Crippen molar-refractivity contribution in [2.75, 3.05) is 5.32 Å². The number of nitrogens with zero attached hydrogens (tertiary/aromatic N) is 2. The molecule has 1 aliphatic heterocycles. The molecule has 2 unspecified atom stereocenters. The van der Waals surface area contributed by atoms with Crippen LogP contribution >= 0.6 is 11.6 Å². The third-order valence-electron chi connectivity index (χ3n) is 7.80. The first-order valence-corrected chi connectivity index (χ1v) is 13.4. The third-order valence-corrected chi connectivity index (χ3v) is 8.14. The highest BCUT2D eigenvalue weighted by atomic mass is 35.5. The number of hydrogen-bond donors (Lipinski definition) is 2. The van der Waals surface area contributed by atoms with Gasteiger partial charge in [-0.1, -0.05) is 11.6 Å². The first-order chi connectivity index (χ1) is 20.1. The molecule has 224 valence electrons. The maximum Gasteiger partial charge on any atom is 0.416 e. The summed E-state index contributed by atoms with van der Waals surface area (Å²) in [6.45, 7) is 0. The van der Waals surface area contributed by atoms with Crippen LogP contribution in [-0.2, 0) is 13.2 Å². The first kappa shape index (κ1) is 29.0. The number of amides is 2. The Morgan fingerprint density at radius 2 is 1.86 bits per heavy atom. The van der Waals surface area contributed by atoms with Crippen molar-refractivity contribution >= 4 is 40.0 Å². The van der Waals surface area contributed by atoms with Crippen LogP contribution in [-0.4, -0.2) is 27.5 Å². The Morgan fingerprint density at radius 3 is 2.53 bits per heavy atom. The molecule has 1 aliphatic carbocycles. The molecule has 4 aromatic rings. The molecule has 1 saturated carbocycles. The monoisotopic (exact) mass is 624 g/mol. The zero-order valence-corrected chi connectivity index (χ0v) is 22.8. The Morgan fingerprint density at radius 1 is 1.12 bits per heavy atom. The Kier molecular flexibility index (Phi) is 6.71. The van der Waals surface area contributed by atoms with Gasteiger partial charge in [0.2, 0.25) is 5.92 Å². The summed E-state index contributed by atoms with van der Waals surface area (Å²) in [6, 6.07) is 5.01. The van der Waals surface area contributed by atoms with E-state index < -0.39 is 65.1 Å². The summed E-state index contributed by atoms with van der Waals surface area (Å²) in [5.74, 6) is -7.39. The Hall–Kier alpha value is -4.13. The first-order valence-electron chi connectivity index (χ1n) is 13.0. The molecule has 1 fully saturated rings. The second kappa shape index (κ2) is 9.97. The van der Waals surface area contributed by atoms with E-state index in [1.807, 2.05) is 0 Å². The number of benzene rings is 3. The van der Waals surface area contributed by atoms with Gasteiger partial charge in [-0.2, -0.15) is 18.3 Å². The van der Waals surface area contributed by atoms with Crippen LogP contribution in [0.25, 0.3) is 10.9 Å². The fourth-order valence-corrected chi connectivity index (χ4v) is 6.22. The molecule has 43 heavy (non-hydrogen) atoms. The van der Waals surface area contributed by atoms with Gasteiger partial charge < -0.3 is 10.6 Å². The van der Waals surface area contributed by atoms with Gasteiger partial charge in [0.05, 0.1) is 17.2 Å². The van der Waals surface area contributed by atoms with E-state index in [4.69, 9.17) is 11.6 Å². The number of carbonyl (C=O) groups is 2. The van der Waals surface area contributed by atoms with Gasteiger partial charge in [-0.15, -0.1) is 0 Å². The van der Waals surface area contributed by atoms with Crippen LogP contribution in [0.4, 0.5) is 36.4 Å². The van der Waals surface area contributed by atoms with Crippen molar-refractivity contribution < 1.29 is 40.3 Å². The summed E-state index contributed by atoms with van der Waals surface area (Å²) in [5, 5.41) is 9.91. The van der Waals surface area contributed by atoms with Gasteiger partial charge in [0.1, 0.15) is 17.2 Å². The Bertz CT molecular complexity index is 1840. The predicted molar refractivity (Wildman–Crippen MR) is 142 cm³/mol. The van der Waals surface area contributed by atoms with E-state index in [-0.39, 0.29) is 57.2 Å². The predicted octanol–water partition coefficient (Wildman–Crippen LogP) is 7.51. The number of rotatable bonds is 4. The molecule has 1 aromatic heterocycles. The molecule has 6 rings (SSSR count). The maximum atomic E-state index is 14.3. The van der Waals surface area contributed by atoms with E-state index in [0.29, 0.717) is 17.8 Å². The molecule has 2 atom stereocenters. The van der Waals surface area contributed by atoms with Crippen molar-refractivity contribution in [1.29, 1.82) is 0 Å². The Balaban J connectivity index is 1.55. The average molecular weight is 625 g/mol. The molecule has 0 bridgehead atoms. The summed E-state index contributed by atoms with van der Waals surface area (Å²) in [6.07, 6.45) is -5.66. The summed E-state index contributed by atoms with van der Waals surface area (Å²) < 4.78 is 98.2. The van der Waals surface area contributed by atoms with Crippen molar-refractivity contribution in [2.24, 2.45) is 7.05 Å². The molecule has 3 aromatic carbocycles. The lowest BCUT2D eigenvalue weighted by atomic mass is 9.92. The van der Waals surface area contributed by atoms with Crippen LogP contribution in [0, 0.1) is 11.6 Å². The Labute approximate surface area is 243 Å². The van der Waals surface area contributed by atoms with E-state index in [1.165, 1.54) is 23.9 Å². The second-order valence-corrected chi connectivity index (χ2v) is 11.1. The quantitative estimate of drug-likeness (QED) is 0.231. The van der Waals surface area contributed by atoms with Crippen LogP contribution in [0.5, 0.6) is 0 Å². The molecule has 0 spiro atoms. The molecule has 2 N–H and O–H groups in total. The highest BCUT2D eigenvalue weighted by Crippen LogP contribution is 2.49. The van der Waals surface area contributed by atoms with Gasteiger partial charge in [0.15, 0.2) is 0 Å². The zero-order valence-electron chi connectivity index (χ0n) is 22.1. The zero-order chi connectivity index (χ0) is 31.0. The van der Waals surface area contributed by atoms with Crippen LogP contribution in [0.15, 0.2) is 42.5 Å². The number of aryl methyl sites for hydroxylation is 1. The van der Waals surface area contributed by atoms with Gasteiger partial charge in [-0.3, -0.25) is 14.3 Å². The molecular weight excluding hydrogens is 605 g/mol. The molecule has 14 heteroatoms. The van der Waals surface area contributed by atoms with E-state index in [1.54, 1.807) is 0 Å². The van der Waals surface area contributed by atoms with Gasteiger partial charge >= 0.3 is 6.18 Å². The van der Waals surface area contributed by atoms with Crippen LogP contribution in [0.1, 0.15) is 74.3 Å². The fourth-order valence-electron chi connectivity index (χ4n) is 5.99. The standard InChI is InChI=1S/C29H20ClF7N4O2/c1-41-25(12-4-5-28(33,34)11-12)18-10-20(38-26(42)13-6-14(29(35,36)37)8-16(32)7-13)21-22(24(18)40-41)27(43)39-23(21)17-9-15(31)2-3-19(17)30/h2-3,6-10,12,23H,4-5,11H2,1H3,(H,38,42)(H,39,43). The molecule has 2 aliphatic rings. The van der Waals surface area contributed by atoms with Gasteiger partial charge in [0, 0.05) is 64.3 Å². The smallest absolute Gasteiger partial charge is 0.341 e. The minimum absolute atomic E-state index is 0.0556. The van der Waals surface area contributed by atoms with Gasteiger partial charge in [-0.25, -0.2) is 17.6 Å². The van der Waals surface area contributed by atoms with E-state index in [9.17, 15) is 40.3 Å². The number of carbonyl (C=O) groups excluding carboxylic acids is 2.